The summed E-state index contributed by atoms with van der Waals surface area (Å²) < 4.78 is 43.8. The number of para-hydroxylation sites is 1. The van der Waals surface area contributed by atoms with E-state index in [1.165, 1.54) is 18.2 Å². The molecule has 0 aromatic heterocycles. The molecule has 1 atom stereocenters. The molecule has 0 bridgehead atoms. The van der Waals surface area contributed by atoms with Gasteiger partial charge in [-0.2, -0.15) is 13.2 Å². The largest absolute Gasteiger partial charge is 0.497 e. The maximum Gasteiger partial charge on any atom is 0.418 e. The molecule has 2 aromatic rings. The first-order chi connectivity index (χ1) is 11.3. The zero-order valence-corrected chi connectivity index (χ0v) is 13.1. The van der Waals surface area contributed by atoms with Gasteiger partial charge in [-0.15, -0.1) is 0 Å². The summed E-state index contributed by atoms with van der Waals surface area (Å²) in [6.07, 6.45) is -4.54. The lowest BCUT2D eigenvalue weighted by Gasteiger charge is -2.17. The zero-order chi connectivity index (χ0) is 17.7. The minimum Gasteiger partial charge on any atom is -0.497 e. The standard InChI is InChI=1S/C17H17F3N2O2/c1-11(12-7-9-13(24-2)10-8-12)21-16(23)22-15-6-4-3-5-14(15)17(18,19)20/h3-11H,1-2H3,(H2,21,22,23). The Morgan fingerprint density at radius 1 is 1.08 bits per heavy atom. The highest BCUT2D eigenvalue weighted by molar-refractivity contribution is 5.90. The van der Waals surface area contributed by atoms with Crippen molar-refractivity contribution >= 4 is 11.7 Å². The molecular weight excluding hydrogens is 321 g/mol. The van der Waals surface area contributed by atoms with Crippen LogP contribution in [0.15, 0.2) is 48.5 Å². The molecule has 0 saturated heterocycles. The van der Waals surface area contributed by atoms with Crippen molar-refractivity contribution in [2.45, 2.75) is 19.1 Å². The van der Waals surface area contributed by atoms with Crippen molar-refractivity contribution in [2.75, 3.05) is 12.4 Å². The normalized spacial score (nSPS) is 12.4. The van der Waals surface area contributed by atoms with E-state index in [0.29, 0.717) is 5.75 Å². The molecule has 2 N–H and O–H groups in total. The van der Waals surface area contributed by atoms with E-state index in [-0.39, 0.29) is 11.7 Å². The second-order valence-electron chi connectivity index (χ2n) is 5.14. The number of hydrogen-bond donors (Lipinski definition) is 2. The third-order valence-corrected chi connectivity index (χ3v) is 3.44. The molecular formula is C17H17F3N2O2. The third-order valence-electron chi connectivity index (χ3n) is 3.44. The van der Waals surface area contributed by atoms with Crippen LogP contribution in [0.5, 0.6) is 5.75 Å². The predicted molar refractivity (Wildman–Crippen MR) is 85.0 cm³/mol. The molecule has 0 aliphatic carbocycles. The van der Waals surface area contributed by atoms with Gasteiger partial charge in [-0.25, -0.2) is 4.79 Å². The van der Waals surface area contributed by atoms with Crippen LogP contribution in [0.25, 0.3) is 0 Å². The Hall–Kier alpha value is -2.70. The Kier molecular flexibility index (Phi) is 5.33. The molecule has 4 nitrogen and oxygen atoms in total. The Morgan fingerprint density at radius 3 is 2.29 bits per heavy atom. The number of carbonyl (C=O) groups is 1. The van der Waals surface area contributed by atoms with E-state index < -0.39 is 17.8 Å². The van der Waals surface area contributed by atoms with Crippen LogP contribution in [0.1, 0.15) is 24.1 Å². The summed E-state index contributed by atoms with van der Waals surface area (Å²) in [5.41, 5.74) is -0.378. The van der Waals surface area contributed by atoms with E-state index in [1.54, 1.807) is 38.3 Å². The predicted octanol–water partition coefficient (Wildman–Crippen LogP) is 4.60. The van der Waals surface area contributed by atoms with Crippen LogP contribution in [0.3, 0.4) is 0 Å². The number of ether oxygens (including phenoxy) is 1. The van der Waals surface area contributed by atoms with Crippen molar-refractivity contribution in [3.63, 3.8) is 0 Å². The maximum atomic E-state index is 12.9. The Labute approximate surface area is 137 Å². The van der Waals surface area contributed by atoms with Crippen molar-refractivity contribution in [3.8, 4) is 5.75 Å². The Bertz CT molecular complexity index is 700. The van der Waals surface area contributed by atoms with Gasteiger partial charge in [-0.05, 0) is 36.8 Å². The minimum absolute atomic E-state index is 0.288. The SMILES string of the molecule is COc1ccc(C(C)NC(=O)Nc2ccccc2C(F)(F)F)cc1. The van der Waals surface area contributed by atoms with Crippen LogP contribution in [0.2, 0.25) is 0 Å². The molecule has 0 fully saturated rings. The van der Waals surface area contributed by atoms with Crippen LogP contribution in [0.4, 0.5) is 23.7 Å². The lowest BCUT2D eigenvalue weighted by atomic mass is 10.1. The number of hydrogen-bond acceptors (Lipinski definition) is 2. The van der Waals surface area contributed by atoms with Gasteiger partial charge in [0.25, 0.3) is 0 Å². The number of methoxy groups -OCH3 is 1. The van der Waals surface area contributed by atoms with Crippen molar-refractivity contribution in [3.05, 3.63) is 59.7 Å². The first-order valence-corrected chi connectivity index (χ1v) is 7.19. The van der Waals surface area contributed by atoms with E-state index in [2.05, 4.69) is 10.6 Å². The topological polar surface area (TPSA) is 50.4 Å². The molecule has 128 valence electrons. The van der Waals surface area contributed by atoms with Crippen LogP contribution in [-0.2, 0) is 6.18 Å². The number of benzene rings is 2. The number of carbonyl (C=O) groups excluding carboxylic acids is 1. The van der Waals surface area contributed by atoms with Gasteiger partial charge in [0.1, 0.15) is 5.75 Å². The van der Waals surface area contributed by atoms with Crippen molar-refractivity contribution in [1.29, 1.82) is 0 Å². The van der Waals surface area contributed by atoms with Crippen molar-refractivity contribution in [1.82, 2.24) is 5.32 Å². The summed E-state index contributed by atoms with van der Waals surface area (Å²) in [5, 5.41) is 4.85. The first kappa shape index (κ1) is 17.7. The van der Waals surface area contributed by atoms with E-state index in [4.69, 9.17) is 4.74 Å². The molecule has 0 saturated carbocycles. The van der Waals surface area contributed by atoms with Gasteiger partial charge in [0.05, 0.1) is 24.4 Å². The fourth-order valence-corrected chi connectivity index (χ4v) is 2.17. The monoisotopic (exact) mass is 338 g/mol. The molecule has 7 heteroatoms. The molecule has 0 spiro atoms. The smallest absolute Gasteiger partial charge is 0.418 e. The first-order valence-electron chi connectivity index (χ1n) is 7.19. The highest BCUT2D eigenvalue weighted by Gasteiger charge is 2.33. The molecule has 24 heavy (non-hydrogen) atoms. The van der Waals surface area contributed by atoms with Crippen LogP contribution in [-0.4, -0.2) is 13.1 Å². The second kappa shape index (κ2) is 7.25. The van der Waals surface area contributed by atoms with Gasteiger partial charge < -0.3 is 15.4 Å². The molecule has 0 aliphatic rings. The summed E-state index contributed by atoms with van der Waals surface area (Å²) in [6.45, 7) is 1.73. The lowest BCUT2D eigenvalue weighted by Crippen LogP contribution is -2.31. The lowest BCUT2D eigenvalue weighted by molar-refractivity contribution is -0.136. The quantitative estimate of drug-likeness (QED) is 0.856. The summed E-state index contributed by atoms with van der Waals surface area (Å²) in [6, 6.07) is 10.8. The molecule has 0 radical (unpaired) electrons. The minimum atomic E-state index is -4.54. The van der Waals surface area contributed by atoms with Gasteiger partial charge in [-0.3, -0.25) is 0 Å². The molecule has 2 aromatic carbocycles. The molecule has 2 amide bonds. The number of halogens is 3. The number of anilines is 1. The van der Waals surface area contributed by atoms with E-state index in [1.807, 2.05) is 0 Å². The molecule has 2 rings (SSSR count). The summed E-state index contributed by atoms with van der Waals surface area (Å²) in [7, 11) is 1.54. The summed E-state index contributed by atoms with van der Waals surface area (Å²) >= 11 is 0. The third kappa shape index (κ3) is 4.41. The Morgan fingerprint density at radius 2 is 1.71 bits per heavy atom. The highest BCUT2D eigenvalue weighted by atomic mass is 19.4. The van der Waals surface area contributed by atoms with E-state index >= 15 is 0 Å². The fraction of sp³-hybridized carbons (Fsp3) is 0.235. The number of amides is 2. The highest BCUT2D eigenvalue weighted by Crippen LogP contribution is 2.34. The Balaban J connectivity index is 2.05. The maximum absolute atomic E-state index is 12.9. The van der Waals surface area contributed by atoms with Gasteiger partial charge in [0, 0.05) is 0 Å². The molecule has 0 heterocycles. The number of rotatable bonds is 4. The van der Waals surface area contributed by atoms with Crippen LogP contribution in [0, 0.1) is 0 Å². The average Bonchev–Trinajstić information content (AvgIpc) is 2.54. The molecule has 1 unspecified atom stereocenters. The van der Waals surface area contributed by atoms with E-state index in [9.17, 15) is 18.0 Å². The van der Waals surface area contributed by atoms with Crippen molar-refractivity contribution in [2.24, 2.45) is 0 Å². The summed E-state index contributed by atoms with van der Waals surface area (Å²) in [4.78, 5) is 12.0. The number of nitrogens with one attached hydrogen (secondary N) is 2. The average molecular weight is 338 g/mol. The zero-order valence-electron chi connectivity index (χ0n) is 13.1. The summed E-state index contributed by atoms with van der Waals surface area (Å²) in [5.74, 6) is 0.675. The second-order valence-corrected chi connectivity index (χ2v) is 5.14. The van der Waals surface area contributed by atoms with Gasteiger partial charge in [0.2, 0.25) is 0 Å². The van der Waals surface area contributed by atoms with Gasteiger partial charge in [-0.1, -0.05) is 24.3 Å². The van der Waals surface area contributed by atoms with Gasteiger partial charge >= 0.3 is 12.2 Å². The fourth-order valence-electron chi connectivity index (χ4n) is 2.17. The van der Waals surface area contributed by atoms with Crippen LogP contribution < -0.4 is 15.4 Å². The number of urea groups is 1. The van der Waals surface area contributed by atoms with Gasteiger partial charge in [0.15, 0.2) is 0 Å². The van der Waals surface area contributed by atoms with Crippen molar-refractivity contribution < 1.29 is 22.7 Å². The van der Waals surface area contributed by atoms with E-state index in [0.717, 1.165) is 11.6 Å². The number of alkyl halides is 3. The molecule has 0 aliphatic heterocycles. The van der Waals surface area contributed by atoms with Crippen LogP contribution >= 0.6 is 0 Å².